The molecule has 0 bridgehead atoms. The second-order valence-corrected chi connectivity index (χ2v) is 9.76. The van der Waals surface area contributed by atoms with Crippen molar-refractivity contribution in [1.82, 2.24) is 4.31 Å². The first-order valence-corrected chi connectivity index (χ1v) is 12.1. The quantitative estimate of drug-likeness (QED) is 0.590. The lowest BCUT2D eigenvalue weighted by atomic mass is 9.97. The van der Waals surface area contributed by atoms with Gasteiger partial charge < -0.3 is 14.8 Å². The lowest BCUT2D eigenvalue weighted by Gasteiger charge is -2.30. The molecular weight excluding hydrogens is 467 g/mol. The van der Waals surface area contributed by atoms with Gasteiger partial charge in [-0.3, -0.25) is 4.79 Å². The van der Waals surface area contributed by atoms with E-state index in [2.05, 4.69) is 10.1 Å². The van der Waals surface area contributed by atoms with Gasteiger partial charge in [0.15, 0.2) is 0 Å². The van der Waals surface area contributed by atoms with Gasteiger partial charge in [-0.15, -0.1) is 0 Å². The Hall–Kier alpha value is -3.31. The smallest absolute Gasteiger partial charge is 0.339 e. The molecule has 0 radical (unpaired) electrons. The maximum absolute atomic E-state index is 13.1. The van der Waals surface area contributed by atoms with Crippen LogP contribution in [0.15, 0.2) is 42.5 Å². The summed E-state index contributed by atoms with van der Waals surface area (Å²) >= 11 is 0. The fraction of sp³-hybridized carbons (Fsp3) is 0.348. The number of halogens is 1. The molecule has 1 N–H and O–H groups in total. The van der Waals surface area contributed by atoms with Gasteiger partial charge >= 0.3 is 11.9 Å². The number of carbonyl (C=O) groups excluding carboxylic acids is 3. The summed E-state index contributed by atoms with van der Waals surface area (Å²) in [5.41, 5.74) is 0.795. The van der Waals surface area contributed by atoms with Crippen LogP contribution in [0.5, 0.6) is 0 Å². The van der Waals surface area contributed by atoms with Crippen molar-refractivity contribution in [3.05, 3.63) is 65.0 Å². The second kappa shape index (κ2) is 10.7. The Bertz CT molecular complexity index is 1170. The van der Waals surface area contributed by atoms with Crippen LogP contribution in [0.25, 0.3) is 0 Å². The largest absolute Gasteiger partial charge is 0.465 e. The highest BCUT2D eigenvalue weighted by molar-refractivity contribution is 7.88. The number of methoxy groups -OCH3 is 2. The van der Waals surface area contributed by atoms with Crippen LogP contribution in [0, 0.1) is 11.7 Å². The molecular formula is C23H25FN2O7S. The van der Waals surface area contributed by atoms with Crippen molar-refractivity contribution in [2.75, 3.05) is 32.6 Å². The average molecular weight is 493 g/mol. The van der Waals surface area contributed by atoms with Crippen LogP contribution < -0.4 is 5.32 Å². The van der Waals surface area contributed by atoms with E-state index in [0.717, 1.165) is 0 Å². The molecule has 34 heavy (non-hydrogen) atoms. The first-order chi connectivity index (χ1) is 16.1. The van der Waals surface area contributed by atoms with E-state index in [4.69, 9.17) is 4.74 Å². The van der Waals surface area contributed by atoms with Crippen LogP contribution in [-0.2, 0) is 30.0 Å². The first-order valence-electron chi connectivity index (χ1n) is 10.5. The third-order valence-corrected chi connectivity index (χ3v) is 7.43. The summed E-state index contributed by atoms with van der Waals surface area (Å²) in [6.07, 6.45) is 0.553. The van der Waals surface area contributed by atoms with Crippen molar-refractivity contribution in [1.29, 1.82) is 0 Å². The number of nitrogens with one attached hydrogen (secondary N) is 1. The van der Waals surface area contributed by atoms with E-state index in [1.54, 1.807) is 0 Å². The number of nitrogens with zero attached hydrogens (tertiary/aromatic N) is 1. The highest BCUT2D eigenvalue weighted by Gasteiger charge is 2.32. The molecule has 0 aliphatic carbocycles. The zero-order chi connectivity index (χ0) is 24.9. The summed E-state index contributed by atoms with van der Waals surface area (Å²) in [5, 5.41) is 2.66. The van der Waals surface area contributed by atoms with E-state index in [1.165, 1.54) is 61.0 Å². The maximum Gasteiger partial charge on any atom is 0.339 e. The fourth-order valence-electron chi connectivity index (χ4n) is 3.69. The molecule has 0 spiro atoms. The van der Waals surface area contributed by atoms with E-state index in [0.29, 0.717) is 5.56 Å². The number of hydrogen-bond acceptors (Lipinski definition) is 7. The summed E-state index contributed by atoms with van der Waals surface area (Å²) in [6.45, 7) is 0.293. The lowest BCUT2D eigenvalue weighted by molar-refractivity contribution is -0.120. The van der Waals surface area contributed by atoms with E-state index >= 15 is 0 Å². The number of benzene rings is 2. The molecule has 0 aromatic heterocycles. The van der Waals surface area contributed by atoms with Crippen LogP contribution >= 0.6 is 0 Å². The number of piperidine rings is 1. The minimum atomic E-state index is -3.63. The van der Waals surface area contributed by atoms with Crippen molar-refractivity contribution < 1.29 is 36.7 Å². The molecule has 1 saturated heterocycles. The van der Waals surface area contributed by atoms with Crippen molar-refractivity contribution in [3.63, 3.8) is 0 Å². The molecule has 1 heterocycles. The fourth-order valence-corrected chi connectivity index (χ4v) is 5.26. The standard InChI is InChI=1S/C23H25FN2O7S/c1-32-22(28)17-5-8-19(23(29)33-2)20(13-17)25-21(27)16-9-11-26(12-10-16)34(30,31)14-15-3-6-18(24)7-4-15/h3-8,13,16H,9-12,14H2,1-2H3,(H,25,27). The van der Waals surface area contributed by atoms with Crippen LogP contribution in [0.2, 0.25) is 0 Å². The minimum Gasteiger partial charge on any atom is -0.465 e. The minimum absolute atomic E-state index is 0.0721. The molecule has 0 atom stereocenters. The monoisotopic (exact) mass is 492 g/mol. The number of carbonyl (C=O) groups is 3. The van der Waals surface area contributed by atoms with Crippen molar-refractivity contribution in [3.8, 4) is 0 Å². The number of sulfonamides is 1. The zero-order valence-corrected chi connectivity index (χ0v) is 19.6. The Labute approximate surface area is 196 Å². The molecule has 2 aromatic carbocycles. The van der Waals surface area contributed by atoms with Crippen molar-refractivity contribution in [2.24, 2.45) is 5.92 Å². The average Bonchev–Trinajstić information content (AvgIpc) is 2.84. The van der Waals surface area contributed by atoms with E-state index < -0.39 is 39.6 Å². The number of ether oxygens (including phenoxy) is 2. The van der Waals surface area contributed by atoms with Gasteiger partial charge in [0.2, 0.25) is 15.9 Å². The third kappa shape index (κ3) is 5.97. The molecule has 1 aliphatic rings. The van der Waals surface area contributed by atoms with Crippen LogP contribution in [0.1, 0.15) is 39.1 Å². The van der Waals surface area contributed by atoms with Gasteiger partial charge in [0.1, 0.15) is 5.82 Å². The molecule has 1 aliphatic heterocycles. The normalized spacial score (nSPS) is 14.9. The highest BCUT2D eigenvalue weighted by Crippen LogP contribution is 2.25. The molecule has 2 aromatic rings. The van der Waals surface area contributed by atoms with Gasteiger partial charge in [0.05, 0.1) is 36.8 Å². The zero-order valence-electron chi connectivity index (χ0n) is 18.7. The molecule has 3 rings (SSSR count). The van der Waals surface area contributed by atoms with Gasteiger partial charge in [0.25, 0.3) is 0 Å². The predicted molar refractivity (Wildman–Crippen MR) is 121 cm³/mol. The molecule has 0 saturated carbocycles. The Morgan fingerprint density at radius 1 is 1.00 bits per heavy atom. The SMILES string of the molecule is COC(=O)c1ccc(C(=O)OC)c(NC(=O)C2CCN(S(=O)(=O)Cc3ccc(F)cc3)CC2)c1. The van der Waals surface area contributed by atoms with Gasteiger partial charge in [-0.2, -0.15) is 0 Å². The van der Waals surface area contributed by atoms with Crippen LogP contribution in [0.3, 0.4) is 0 Å². The van der Waals surface area contributed by atoms with Gasteiger partial charge in [-0.25, -0.2) is 26.7 Å². The van der Waals surface area contributed by atoms with Gasteiger partial charge in [0, 0.05) is 19.0 Å². The summed E-state index contributed by atoms with van der Waals surface area (Å²) in [4.78, 5) is 36.8. The Morgan fingerprint density at radius 3 is 2.21 bits per heavy atom. The molecule has 9 nitrogen and oxygen atoms in total. The Morgan fingerprint density at radius 2 is 1.62 bits per heavy atom. The second-order valence-electron chi connectivity index (χ2n) is 7.79. The lowest BCUT2D eigenvalue weighted by Crippen LogP contribution is -2.42. The Balaban J connectivity index is 1.67. The molecule has 182 valence electrons. The Kier molecular flexibility index (Phi) is 8.00. The van der Waals surface area contributed by atoms with Gasteiger partial charge in [-0.1, -0.05) is 12.1 Å². The number of esters is 2. The number of hydrogen-bond donors (Lipinski definition) is 1. The maximum atomic E-state index is 13.1. The predicted octanol–water partition coefficient (Wildman–Crippen LogP) is 2.58. The van der Waals surface area contributed by atoms with Crippen LogP contribution in [-0.4, -0.2) is 57.9 Å². The summed E-state index contributed by atoms with van der Waals surface area (Å²) < 4.78 is 49.3. The summed E-state index contributed by atoms with van der Waals surface area (Å²) in [7, 11) is -1.22. The van der Waals surface area contributed by atoms with Crippen LogP contribution in [0.4, 0.5) is 10.1 Å². The topological polar surface area (TPSA) is 119 Å². The van der Waals surface area contributed by atoms with Gasteiger partial charge in [-0.05, 0) is 48.7 Å². The first kappa shape index (κ1) is 25.3. The molecule has 0 unspecified atom stereocenters. The number of amides is 1. The summed E-state index contributed by atoms with van der Waals surface area (Å²) in [6, 6.07) is 9.34. The molecule has 11 heteroatoms. The molecule has 1 fully saturated rings. The number of anilines is 1. The third-order valence-electron chi connectivity index (χ3n) is 5.58. The number of rotatable bonds is 7. The van der Waals surface area contributed by atoms with Crippen molar-refractivity contribution in [2.45, 2.75) is 18.6 Å². The van der Waals surface area contributed by atoms with E-state index in [-0.39, 0.29) is 48.5 Å². The summed E-state index contributed by atoms with van der Waals surface area (Å²) in [5.74, 6) is -2.92. The van der Waals surface area contributed by atoms with E-state index in [1.807, 2.05) is 0 Å². The highest BCUT2D eigenvalue weighted by atomic mass is 32.2. The molecule has 1 amide bonds. The van der Waals surface area contributed by atoms with E-state index in [9.17, 15) is 27.2 Å². The van der Waals surface area contributed by atoms with Crippen molar-refractivity contribution >= 4 is 33.6 Å².